The van der Waals surface area contributed by atoms with Gasteiger partial charge in [-0.25, -0.2) is 0 Å². The van der Waals surface area contributed by atoms with E-state index in [1.807, 2.05) is 0 Å². The van der Waals surface area contributed by atoms with E-state index in [4.69, 9.17) is 25.6 Å². The van der Waals surface area contributed by atoms with Crippen LogP contribution in [0.3, 0.4) is 0 Å². The van der Waals surface area contributed by atoms with Crippen LogP contribution < -0.4 is 0 Å². The molecule has 1 rings (SSSR count). The highest BCUT2D eigenvalue weighted by Crippen LogP contribution is 2.08. The van der Waals surface area contributed by atoms with Crippen molar-refractivity contribution in [1.29, 1.82) is 0 Å². The Kier molecular flexibility index (Phi) is 6.11. The van der Waals surface area contributed by atoms with Crippen molar-refractivity contribution in [3.05, 3.63) is 17.5 Å². The molecule has 0 aliphatic heterocycles. The molecular weight excluding hydrogens is 260 g/mol. The molecule has 0 fully saturated rings. The Balaban J connectivity index is 2.56. The number of carbonyl (C=O) groups is 1. The second-order valence-corrected chi connectivity index (χ2v) is 4.47. The summed E-state index contributed by atoms with van der Waals surface area (Å²) in [6.07, 6.45) is 0. The van der Waals surface area contributed by atoms with Crippen LogP contribution in [0.4, 0.5) is 0 Å². The molecule has 7 heteroatoms. The summed E-state index contributed by atoms with van der Waals surface area (Å²) in [5, 5.41) is 3.43. The minimum Gasteiger partial charge on any atom is -0.383 e. The topological polar surface area (TPSA) is 64.8 Å². The molecule has 1 heterocycles. The number of nitrogens with zero attached hydrogens (tertiary/aromatic N) is 2. The van der Waals surface area contributed by atoms with E-state index < -0.39 is 0 Å². The summed E-state index contributed by atoms with van der Waals surface area (Å²) >= 11 is 5.98. The van der Waals surface area contributed by atoms with Gasteiger partial charge in [-0.15, -0.1) is 11.6 Å². The largest absolute Gasteiger partial charge is 0.383 e. The van der Waals surface area contributed by atoms with Crippen LogP contribution in [0.1, 0.15) is 16.2 Å². The summed E-state index contributed by atoms with van der Waals surface area (Å²) in [5.41, 5.74) is 0.242. The Morgan fingerprint density at radius 3 is 2.89 bits per heavy atom. The van der Waals surface area contributed by atoms with Gasteiger partial charge in [0, 0.05) is 33.9 Å². The van der Waals surface area contributed by atoms with Gasteiger partial charge in [-0.3, -0.25) is 4.79 Å². The second kappa shape index (κ2) is 7.35. The smallest absolute Gasteiger partial charge is 0.275 e. The molecule has 0 aliphatic carbocycles. The molecule has 0 saturated heterocycles. The fourth-order valence-electron chi connectivity index (χ4n) is 1.43. The van der Waals surface area contributed by atoms with Crippen LogP contribution >= 0.6 is 11.6 Å². The lowest BCUT2D eigenvalue weighted by molar-refractivity contribution is 0.0771. The maximum Gasteiger partial charge on any atom is 0.275 e. The Morgan fingerprint density at radius 1 is 1.56 bits per heavy atom. The van der Waals surface area contributed by atoms with Crippen LogP contribution in [-0.4, -0.2) is 55.8 Å². The lowest BCUT2D eigenvalue weighted by Gasteiger charge is -2.18. The summed E-state index contributed by atoms with van der Waals surface area (Å²) in [6, 6.07) is 1.56. The molecule has 1 amide bonds. The number of halogens is 1. The van der Waals surface area contributed by atoms with Crippen LogP contribution in [-0.2, 0) is 16.1 Å². The van der Waals surface area contributed by atoms with Gasteiger partial charge < -0.3 is 18.9 Å². The van der Waals surface area contributed by atoms with Crippen molar-refractivity contribution >= 4 is 17.5 Å². The average molecular weight is 277 g/mol. The van der Waals surface area contributed by atoms with Crippen molar-refractivity contribution < 1.29 is 18.8 Å². The van der Waals surface area contributed by atoms with Gasteiger partial charge >= 0.3 is 0 Å². The lowest BCUT2D eigenvalue weighted by atomic mass is 10.3. The van der Waals surface area contributed by atoms with E-state index in [2.05, 4.69) is 5.16 Å². The molecule has 102 valence electrons. The number of carbonyl (C=O) groups excluding carboxylic acids is 1. The van der Waals surface area contributed by atoms with Crippen LogP contribution in [0, 0.1) is 0 Å². The summed E-state index contributed by atoms with van der Waals surface area (Å²) in [5.74, 6) is 0.261. The number of rotatable bonds is 7. The first-order valence-electron chi connectivity index (χ1n) is 5.41. The Morgan fingerprint density at radius 2 is 2.28 bits per heavy atom. The normalized spacial score (nSPS) is 12.4. The zero-order valence-corrected chi connectivity index (χ0v) is 11.4. The van der Waals surface area contributed by atoms with Gasteiger partial charge in [0.25, 0.3) is 5.91 Å². The molecule has 1 atom stereocenters. The Labute approximate surface area is 111 Å². The molecular formula is C11H17ClN2O4. The molecule has 0 spiro atoms. The standard InChI is InChI=1S/C11H17ClN2O4/c1-14(5-8(12)6-16-2)11(15)10-4-9(7-17-3)18-13-10/h4,8H,5-7H2,1-3H3. The molecule has 0 aromatic carbocycles. The van der Waals surface area contributed by atoms with Crippen molar-refractivity contribution in [3.63, 3.8) is 0 Å². The molecule has 0 radical (unpaired) electrons. The predicted molar refractivity (Wildman–Crippen MR) is 65.7 cm³/mol. The second-order valence-electron chi connectivity index (χ2n) is 3.85. The third kappa shape index (κ3) is 4.29. The van der Waals surface area contributed by atoms with E-state index in [1.165, 1.54) is 4.90 Å². The van der Waals surface area contributed by atoms with Crippen molar-refractivity contribution in [2.75, 3.05) is 34.4 Å². The van der Waals surface area contributed by atoms with Crippen molar-refractivity contribution in [1.82, 2.24) is 10.1 Å². The minimum atomic E-state index is -0.255. The molecule has 0 N–H and O–H groups in total. The first-order valence-corrected chi connectivity index (χ1v) is 5.85. The molecule has 18 heavy (non-hydrogen) atoms. The highest BCUT2D eigenvalue weighted by atomic mass is 35.5. The summed E-state index contributed by atoms with van der Waals surface area (Å²) in [7, 11) is 4.75. The van der Waals surface area contributed by atoms with Crippen LogP contribution in [0.5, 0.6) is 0 Å². The third-order valence-electron chi connectivity index (χ3n) is 2.23. The summed E-state index contributed by atoms with van der Waals surface area (Å²) < 4.78 is 14.7. The zero-order valence-electron chi connectivity index (χ0n) is 10.7. The Hall–Kier alpha value is -1.11. The summed E-state index contributed by atoms with van der Waals surface area (Å²) in [6.45, 7) is 1.04. The average Bonchev–Trinajstić information content (AvgIpc) is 2.77. The van der Waals surface area contributed by atoms with Gasteiger partial charge in [0.15, 0.2) is 11.5 Å². The van der Waals surface area contributed by atoms with E-state index >= 15 is 0 Å². The van der Waals surface area contributed by atoms with Gasteiger partial charge in [-0.1, -0.05) is 5.16 Å². The SMILES string of the molecule is COCc1cc(C(=O)N(C)CC(Cl)COC)no1. The highest BCUT2D eigenvalue weighted by molar-refractivity contribution is 6.21. The predicted octanol–water partition coefficient (Wildman–Crippen LogP) is 1.15. The number of amides is 1. The van der Waals surface area contributed by atoms with E-state index in [1.54, 1.807) is 27.3 Å². The van der Waals surface area contributed by atoms with Gasteiger partial charge in [0.2, 0.25) is 0 Å². The maximum atomic E-state index is 12.0. The van der Waals surface area contributed by atoms with E-state index in [0.717, 1.165) is 0 Å². The van der Waals surface area contributed by atoms with Crippen LogP contribution in [0.15, 0.2) is 10.6 Å². The van der Waals surface area contributed by atoms with Crippen molar-refractivity contribution in [2.24, 2.45) is 0 Å². The molecule has 1 aromatic rings. The zero-order chi connectivity index (χ0) is 13.5. The Bertz CT molecular complexity index is 383. The fraction of sp³-hybridized carbons (Fsp3) is 0.636. The van der Waals surface area contributed by atoms with Gasteiger partial charge in [-0.05, 0) is 0 Å². The quantitative estimate of drug-likeness (QED) is 0.699. The highest BCUT2D eigenvalue weighted by Gasteiger charge is 2.19. The van der Waals surface area contributed by atoms with Gasteiger partial charge in [0.1, 0.15) is 6.61 Å². The van der Waals surface area contributed by atoms with E-state index in [-0.39, 0.29) is 23.6 Å². The summed E-state index contributed by atoms with van der Waals surface area (Å²) in [4.78, 5) is 13.4. The third-order valence-corrected chi connectivity index (χ3v) is 2.49. The first kappa shape index (κ1) is 14.9. The molecule has 1 unspecified atom stereocenters. The number of aromatic nitrogens is 1. The van der Waals surface area contributed by atoms with Gasteiger partial charge in [0.05, 0.1) is 12.0 Å². The maximum absolute atomic E-state index is 12.0. The molecule has 1 aromatic heterocycles. The van der Waals surface area contributed by atoms with Crippen molar-refractivity contribution in [3.8, 4) is 0 Å². The van der Waals surface area contributed by atoms with Crippen molar-refractivity contribution in [2.45, 2.75) is 12.0 Å². The monoisotopic (exact) mass is 276 g/mol. The number of ether oxygens (including phenoxy) is 2. The van der Waals surface area contributed by atoms with Gasteiger partial charge in [-0.2, -0.15) is 0 Å². The first-order chi connectivity index (χ1) is 8.58. The fourth-order valence-corrected chi connectivity index (χ4v) is 1.77. The minimum absolute atomic E-state index is 0.242. The molecule has 0 saturated carbocycles. The van der Waals surface area contributed by atoms with Crippen LogP contribution in [0.25, 0.3) is 0 Å². The molecule has 0 bridgehead atoms. The number of hydrogen-bond donors (Lipinski definition) is 0. The van der Waals surface area contributed by atoms with Crippen LogP contribution in [0.2, 0.25) is 0 Å². The number of alkyl halides is 1. The number of methoxy groups -OCH3 is 2. The lowest BCUT2D eigenvalue weighted by Crippen LogP contribution is -2.34. The molecule has 0 aliphatic rings. The molecule has 6 nitrogen and oxygen atoms in total. The number of hydrogen-bond acceptors (Lipinski definition) is 5. The van der Waals surface area contributed by atoms with E-state index in [0.29, 0.717) is 18.9 Å². The van der Waals surface area contributed by atoms with E-state index in [9.17, 15) is 4.79 Å².